The molecule has 2 rings (SSSR count). The summed E-state index contributed by atoms with van der Waals surface area (Å²) in [6.07, 6.45) is 2.22. The minimum Gasteiger partial charge on any atom is -0.481 e. The van der Waals surface area contributed by atoms with Gasteiger partial charge in [-0.15, -0.1) is 0 Å². The van der Waals surface area contributed by atoms with Crippen LogP contribution in [0.25, 0.3) is 0 Å². The molecule has 4 nitrogen and oxygen atoms in total. The minimum atomic E-state index is -0.811. The number of benzene rings is 1. The van der Waals surface area contributed by atoms with Crippen molar-refractivity contribution in [3.05, 3.63) is 28.2 Å². The van der Waals surface area contributed by atoms with Crippen LogP contribution in [0.3, 0.4) is 0 Å². The van der Waals surface area contributed by atoms with Crippen LogP contribution in [0.4, 0.5) is 5.69 Å². The highest BCUT2D eigenvalue weighted by atomic mass is 79.9. The Morgan fingerprint density at radius 1 is 1.56 bits per heavy atom. The molecule has 5 heteroatoms. The van der Waals surface area contributed by atoms with Gasteiger partial charge in [0.15, 0.2) is 0 Å². The van der Waals surface area contributed by atoms with Crippen LogP contribution in [-0.4, -0.2) is 23.7 Å². The zero-order valence-corrected chi connectivity index (χ0v) is 11.4. The van der Waals surface area contributed by atoms with Crippen molar-refractivity contribution < 1.29 is 9.90 Å². The number of rotatable bonds is 5. The average Bonchev–Trinajstić information content (AvgIpc) is 3.14. The highest BCUT2D eigenvalue weighted by Crippen LogP contribution is 2.35. The van der Waals surface area contributed by atoms with Gasteiger partial charge < -0.3 is 10.0 Å². The third-order valence-corrected chi connectivity index (χ3v) is 3.44. The molecule has 0 heterocycles. The summed E-state index contributed by atoms with van der Waals surface area (Å²) < 4.78 is 0.900. The Hall–Kier alpha value is -1.54. The van der Waals surface area contributed by atoms with E-state index in [1.165, 1.54) is 0 Å². The first kappa shape index (κ1) is 12.9. The third kappa shape index (κ3) is 3.02. The Labute approximate surface area is 114 Å². The predicted molar refractivity (Wildman–Crippen MR) is 71.5 cm³/mol. The number of hydrogen-bond donors (Lipinski definition) is 1. The molecule has 18 heavy (non-hydrogen) atoms. The first-order valence-electron chi connectivity index (χ1n) is 5.80. The Morgan fingerprint density at radius 3 is 2.83 bits per heavy atom. The first-order chi connectivity index (χ1) is 8.61. The summed E-state index contributed by atoms with van der Waals surface area (Å²) in [5, 5.41) is 17.9. The zero-order chi connectivity index (χ0) is 13.1. The van der Waals surface area contributed by atoms with Gasteiger partial charge in [0.2, 0.25) is 0 Å². The molecule has 0 spiro atoms. The number of nitriles is 1. The Balaban J connectivity index is 2.27. The fourth-order valence-electron chi connectivity index (χ4n) is 1.94. The maximum absolute atomic E-state index is 10.7. The highest BCUT2D eigenvalue weighted by Gasteiger charge is 2.30. The molecule has 1 N–H and O–H groups in total. The maximum Gasteiger partial charge on any atom is 0.305 e. The largest absolute Gasteiger partial charge is 0.481 e. The van der Waals surface area contributed by atoms with Crippen LogP contribution in [0.1, 0.15) is 24.8 Å². The molecule has 0 aliphatic heterocycles. The fraction of sp³-hybridized carbons (Fsp3) is 0.385. The molecule has 1 fully saturated rings. The zero-order valence-electron chi connectivity index (χ0n) is 9.77. The lowest BCUT2D eigenvalue weighted by Gasteiger charge is -2.25. The van der Waals surface area contributed by atoms with Gasteiger partial charge >= 0.3 is 5.97 Å². The Bertz CT molecular complexity index is 506. The molecular weight excluding hydrogens is 296 g/mol. The van der Waals surface area contributed by atoms with E-state index in [1.54, 1.807) is 6.07 Å². The van der Waals surface area contributed by atoms with Gasteiger partial charge in [-0.1, -0.05) is 15.9 Å². The first-order valence-corrected chi connectivity index (χ1v) is 6.59. The van der Waals surface area contributed by atoms with E-state index in [1.807, 2.05) is 17.0 Å². The minimum absolute atomic E-state index is 0.0912. The summed E-state index contributed by atoms with van der Waals surface area (Å²) in [4.78, 5) is 12.7. The van der Waals surface area contributed by atoms with Crippen LogP contribution in [0, 0.1) is 11.3 Å². The topological polar surface area (TPSA) is 64.3 Å². The van der Waals surface area contributed by atoms with Crippen molar-refractivity contribution >= 4 is 27.6 Å². The number of anilines is 1. The van der Waals surface area contributed by atoms with Gasteiger partial charge in [-0.2, -0.15) is 5.26 Å². The predicted octanol–water partition coefficient (Wildman–Crippen LogP) is 2.76. The molecule has 1 aromatic carbocycles. The average molecular weight is 309 g/mol. The Kier molecular flexibility index (Phi) is 3.87. The van der Waals surface area contributed by atoms with E-state index >= 15 is 0 Å². The van der Waals surface area contributed by atoms with E-state index in [0.717, 1.165) is 23.0 Å². The highest BCUT2D eigenvalue weighted by molar-refractivity contribution is 9.10. The summed E-state index contributed by atoms with van der Waals surface area (Å²) >= 11 is 3.39. The molecule has 1 aromatic rings. The van der Waals surface area contributed by atoms with Gasteiger partial charge in [-0.25, -0.2) is 0 Å². The molecule has 0 amide bonds. The summed E-state index contributed by atoms with van der Waals surface area (Å²) in [5.41, 5.74) is 1.42. The van der Waals surface area contributed by atoms with Crippen molar-refractivity contribution in [1.29, 1.82) is 5.26 Å². The standard InChI is InChI=1S/C13H13BrN2O2/c14-10-2-1-9(8-15)12(7-10)16(11-3-4-11)6-5-13(17)18/h1-2,7,11H,3-6H2,(H,17,18). The van der Waals surface area contributed by atoms with E-state index in [0.29, 0.717) is 18.2 Å². The van der Waals surface area contributed by atoms with E-state index in [2.05, 4.69) is 22.0 Å². The van der Waals surface area contributed by atoms with Crippen LogP contribution >= 0.6 is 15.9 Å². The smallest absolute Gasteiger partial charge is 0.305 e. The molecule has 0 saturated heterocycles. The van der Waals surface area contributed by atoms with Gasteiger partial charge in [-0.3, -0.25) is 4.79 Å². The SMILES string of the molecule is N#Cc1ccc(Br)cc1N(CCC(=O)O)C1CC1. The number of nitrogens with zero attached hydrogens (tertiary/aromatic N) is 2. The van der Waals surface area contributed by atoms with Crippen molar-refractivity contribution in [2.75, 3.05) is 11.4 Å². The Morgan fingerprint density at radius 2 is 2.28 bits per heavy atom. The lowest BCUT2D eigenvalue weighted by Crippen LogP contribution is -2.29. The van der Waals surface area contributed by atoms with Crippen molar-refractivity contribution in [2.45, 2.75) is 25.3 Å². The lowest BCUT2D eigenvalue weighted by molar-refractivity contribution is -0.136. The number of carboxylic acid groups (broad SMARTS) is 1. The molecule has 0 radical (unpaired) electrons. The molecular formula is C13H13BrN2O2. The molecule has 0 atom stereocenters. The van der Waals surface area contributed by atoms with Crippen LogP contribution in [0.15, 0.2) is 22.7 Å². The number of hydrogen-bond acceptors (Lipinski definition) is 3. The summed E-state index contributed by atoms with van der Waals surface area (Å²) in [6.45, 7) is 0.450. The van der Waals surface area contributed by atoms with Gasteiger partial charge in [-0.05, 0) is 31.0 Å². The molecule has 1 saturated carbocycles. The fourth-order valence-corrected chi connectivity index (χ4v) is 2.29. The molecule has 94 valence electrons. The van der Waals surface area contributed by atoms with Crippen LogP contribution in [0.5, 0.6) is 0 Å². The number of carbonyl (C=O) groups is 1. The number of aliphatic carboxylic acids is 1. The van der Waals surface area contributed by atoms with Crippen LogP contribution in [-0.2, 0) is 4.79 Å². The second kappa shape index (κ2) is 5.40. The van der Waals surface area contributed by atoms with E-state index in [4.69, 9.17) is 10.4 Å². The third-order valence-electron chi connectivity index (χ3n) is 2.94. The molecule has 0 unspecified atom stereocenters. The van der Waals surface area contributed by atoms with Crippen LogP contribution < -0.4 is 4.90 Å². The molecule has 0 bridgehead atoms. The molecule has 1 aliphatic rings. The summed E-state index contributed by atoms with van der Waals surface area (Å²) in [6, 6.07) is 8.01. The summed E-state index contributed by atoms with van der Waals surface area (Å²) in [5.74, 6) is -0.811. The van der Waals surface area contributed by atoms with Gasteiger partial charge in [0.25, 0.3) is 0 Å². The monoisotopic (exact) mass is 308 g/mol. The molecule has 0 aromatic heterocycles. The van der Waals surface area contributed by atoms with E-state index in [9.17, 15) is 4.79 Å². The van der Waals surface area contributed by atoms with E-state index in [-0.39, 0.29) is 6.42 Å². The second-order valence-corrected chi connectivity index (χ2v) is 5.26. The molecule has 1 aliphatic carbocycles. The van der Waals surface area contributed by atoms with Gasteiger partial charge in [0.05, 0.1) is 17.7 Å². The number of halogens is 1. The van der Waals surface area contributed by atoms with Gasteiger partial charge in [0.1, 0.15) is 6.07 Å². The maximum atomic E-state index is 10.7. The summed E-state index contributed by atoms with van der Waals surface area (Å²) in [7, 11) is 0. The van der Waals surface area contributed by atoms with Crippen molar-refractivity contribution in [2.24, 2.45) is 0 Å². The van der Waals surface area contributed by atoms with Gasteiger partial charge in [0, 0.05) is 17.1 Å². The quantitative estimate of drug-likeness (QED) is 0.908. The second-order valence-electron chi connectivity index (χ2n) is 4.34. The lowest BCUT2D eigenvalue weighted by atomic mass is 10.1. The van der Waals surface area contributed by atoms with Crippen molar-refractivity contribution in [1.82, 2.24) is 0 Å². The van der Waals surface area contributed by atoms with Crippen molar-refractivity contribution in [3.63, 3.8) is 0 Å². The number of carboxylic acids is 1. The van der Waals surface area contributed by atoms with E-state index < -0.39 is 5.97 Å². The van der Waals surface area contributed by atoms with Crippen molar-refractivity contribution in [3.8, 4) is 6.07 Å². The van der Waals surface area contributed by atoms with Crippen LogP contribution in [0.2, 0.25) is 0 Å². The normalized spacial score (nSPS) is 14.0.